The summed E-state index contributed by atoms with van der Waals surface area (Å²) in [6.45, 7) is 11.6. The van der Waals surface area contributed by atoms with Gasteiger partial charge < -0.3 is 34.5 Å². The van der Waals surface area contributed by atoms with Crippen molar-refractivity contribution in [1.82, 2.24) is 35.1 Å². The largest absolute Gasteiger partial charge is 0.444 e. The van der Waals surface area contributed by atoms with E-state index in [-0.39, 0.29) is 36.7 Å². The predicted octanol–water partition coefficient (Wildman–Crippen LogP) is 4.17. The number of rotatable bonds is 9. The van der Waals surface area contributed by atoms with Crippen LogP contribution in [0.5, 0.6) is 0 Å². The van der Waals surface area contributed by atoms with Crippen LogP contribution in [-0.2, 0) is 27.4 Å². The lowest BCUT2D eigenvalue weighted by atomic mass is 9.97. The van der Waals surface area contributed by atoms with Gasteiger partial charge in [-0.25, -0.2) is 28.9 Å². The first-order valence-electron chi connectivity index (χ1n) is 16.1. The van der Waals surface area contributed by atoms with E-state index in [1.54, 1.807) is 58.5 Å². The summed E-state index contributed by atoms with van der Waals surface area (Å²) in [6.07, 6.45) is 3.64. The first-order valence-corrected chi connectivity index (χ1v) is 16.1. The van der Waals surface area contributed by atoms with Crippen LogP contribution in [0.2, 0.25) is 0 Å². The molecule has 0 radical (unpaired) electrons. The number of hydrogen-bond donors (Lipinski definition) is 3. The molecule has 15 heteroatoms. The number of benzene rings is 1. The molecule has 1 saturated carbocycles. The topological polar surface area (TPSA) is 156 Å². The van der Waals surface area contributed by atoms with E-state index in [1.165, 1.54) is 12.4 Å². The van der Waals surface area contributed by atoms with E-state index in [2.05, 4.69) is 30.9 Å². The highest BCUT2D eigenvalue weighted by Crippen LogP contribution is 2.35. The van der Waals surface area contributed by atoms with Gasteiger partial charge in [-0.15, -0.1) is 0 Å². The number of carbonyl (C=O) groups excluding carboxylic acids is 3. The van der Waals surface area contributed by atoms with Crippen LogP contribution in [0.4, 0.5) is 25.5 Å². The van der Waals surface area contributed by atoms with Gasteiger partial charge in [-0.1, -0.05) is 0 Å². The monoisotopic (exact) mass is 667 g/mol. The average Bonchev–Trinajstić information content (AvgIpc) is 3.51. The SMILES string of the molecule is CN(C)Cc1c(F)ccc(N2CC[C@](NC(=O)OC(C)(C)C)(C(=O)NC3CC3)C2)c1Cn1cnc2c(NC(=O)OC(C)(C)C)ncnc21. The standard InChI is InChI=1S/C33H46FN9O5/c1-31(2,3)47-29(45)39-26-25-27(36-18-35-26)43(19-37-25)16-22-21(15-41(7)8)23(34)11-12-24(22)42-14-13-33(17-42,28(44)38-20-9-10-20)40-30(46)48-32(4,5)6/h11-12,18-20H,9-10,13-17H2,1-8H3,(H,38,44)(H,40,46)(H,35,36,39,45)/t33-/m1/s1. The Hall–Kier alpha value is -4.53. The number of nitrogens with zero attached hydrogens (tertiary/aromatic N) is 6. The molecule has 48 heavy (non-hydrogen) atoms. The molecule has 2 aromatic heterocycles. The molecule has 5 rings (SSSR count). The first-order chi connectivity index (χ1) is 22.4. The maximum atomic E-state index is 15.6. The van der Waals surface area contributed by atoms with E-state index in [0.29, 0.717) is 47.5 Å². The highest BCUT2D eigenvalue weighted by atomic mass is 19.1. The Morgan fingerprint density at radius 3 is 2.33 bits per heavy atom. The molecule has 14 nitrogen and oxygen atoms in total. The summed E-state index contributed by atoms with van der Waals surface area (Å²) in [7, 11) is 3.72. The van der Waals surface area contributed by atoms with Crippen LogP contribution < -0.4 is 20.9 Å². The van der Waals surface area contributed by atoms with Gasteiger partial charge in [0.1, 0.15) is 28.9 Å². The van der Waals surface area contributed by atoms with Crippen LogP contribution in [0.1, 0.15) is 71.9 Å². The van der Waals surface area contributed by atoms with E-state index in [4.69, 9.17) is 9.47 Å². The van der Waals surface area contributed by atoms with Crippen LogP contribution in [0.3, 0.4) is 0 Å². The number of ether oxygens (including phenoxy) is 2. The second-order valence-corrected chi connectivity index (χ2v) is 14.8. The van der Waals surface area contributed by atoms with Crippen LogP contribution in [-0.4, -0.2) is 92.5 Å². The van der Waals surface area contributed by atoms with Crippen molar-refractivity contribution in [3.63, 3.8) is 0 Å². The minimum Gasteiger partial charge on any atom is -0.444 e. The van der Waals surface area contributed by atoms with Crippen molar-refractivity contribution in [2.45, 2.75) is 96.7 Å². The highest BCUT2D eigenvalue weighted by molar-refractivity contribution is 5.94. The van der Waals surface area contributed by atoms with E-state index in [1.807, 2.05) is 23.9 Å². The smallest absolute Gasteiger partial charge is 0.413 e. The molecule has 1 aliphatic carbocycles. The average molecular weight is 668 g/mol. The fourth-order valence-electron chi connectivity index (χ4n) is 5.68. The summed E-state index contributed by atoms with van der Waals surface area (Å²) in [4.78, 5) is 56.2. The normalized spacial score (nSPS) is 18.2. The Bertz CT molecular complexity index is 1690. The van der Waals surface area contributed by atoms with E-state index < -0.39 is 28.9 Å². The Morgan fingerprint density at radius 1 is 1.00 bits per heavy atom. The summed E-state index contributed by atoms with van der Waals surface area (Å²) in [5, 5.41) is 8.59. The van der Waals surface area contributed by atoms with Gasteiger partial charge in [-0.05, 0) is 87.0 Å². The molecule has 3 aromatic rings. The third-order valence-corrected chi connectivity index (χ3v) is 7.87. The highest BCUT2D eigenvalue weighted by Gasteiger charge is 2.48. The molecule has 0 spiro atoms. The van der Waals surface area contributed by atoms with E-state index in [0.717, 1.165) is 12.8 Å². The number of nitrogens with one attached hydrogen (secondary N) is 3. The molecule has 3 heterocycles. The molecular formula is C33H46FN9O5. The van der Waals surface area contributed by atoms with Gasteiger partial charge in [-0.3, -0.25) is 10.1 Å². The molecule has 1 aliphatic heterocycles. The minimum atomic E-state index is -1.25. The van der Waals surface area contributed by atoms with Gasteiger partial charge in [0.05, 0.1) is 19.4 Å². The van der Waals surface area contributed by atoms with Gasteiger partial charge in [0.15, 0.2) is 17.0 Å². The zero-order chi connectivity index (χ0) is 35.0. The molecule has 0 unspecified atom stereocenters. The zero-order valence-corrected chi connectivity index (χ0v) is 28.9. The molecule has 3 amide bonds. The van der Waals surface area contributed by atoms with Gasteiger partial charge in [0, 0.05) is 35.9 Å². The maximum absolute atomic E-state index is 15.6. The second-order valence-electron chi connectivity index (χ2n) is 14.8. The van der Waals surface area contributed by atoms with Crippen molar-refractivity contribution in [3.8, 4) is 0 Å². The summed E-state index contributed by atoms with van der Waals surface area (Å²) in [5.74, 6) is -0.462. The molecule has 2 aliphatic rings. The van der Waals surface area contributed by atoms with Gasteiger partial charge in [-0.2, -0.15) is 0 Å². The number of fused-ring (bicyclic) bond motifs is 1. The van der Waals surface area contributed by atoms with Crippen molar-refractivity contribution >= 4 is 40.8 Å². The first kappa shape index (κ1) is 34.8. The number of hydrogen-bond acceptors (Lipinski definition) is 10. The number of anilines is 2. The minimum absolute atomic E-state index is 0.0862. The molecular weight excluding hydrogens is 621 g/mol. The van der Waals surface area contributed by atoms with Crippen LogP contribution in [0.15, 0.2) is 24.8 Å². The molecule has 260 valence electrons. The lowest BCUT2D eigenvalue weighted by Gasteiger charge is -2.32. The Kier molecular flexibility index (Phi) is 9.55. The van der Waals surface area contributed by atoms with Crippen molar-refractivity contribution < 1.29 is 28.2 Å². The zero-order valence-electron chi connectivity index (χ0n) is 28.9. The quantitative estimate of drug-likeness (QED) is 0.303. The molecule has 1 saturated heterocycles. The molecule has 0 bridgehead atoms. The summed E-state index contributed by atoms with van der Waals surface area (Å²) < 4.78 is 28.3. The van der Waals surface area contributed by atoms with Crippen molar-refractivity contribution in [2.75, 3.05) is 37.4 Å². The summed E-state index contributed by atoms with van der Waals surface area (Å²) in [5.41, 5.74) is -0.0956. The van der Waals surface area contributed by atoms with Crippen molar-refractivity contribution in [1.29, 1.82) is 0 Å². The molecule has 1 atom stereocenters. The van der Waals surface area contributed by atoms with Crippen molar-refractivity contribution in [3.05, 3.63) is 41.7 Å². The number of imidazole rings is 1. The van der Waals surface area contributed by atoms with Gasteiger partial charge in [0.25, 0.3) is 0 Å². The maximum Gasteiger partial charge on any atom is 0.413 e. The lowest BCUT2D eigenvalue weighted by Crippen LogP contribution is -2.61. The Balaban J connectivity index is 1.50. The fraction of sp³-hybridized carbons (Fsp3) is 0.576. The molecule has 2 fully saturated rings. The number of halogens is 1. The number of carbonyl (C=O) groups is 3. The fourth-order valence-corrected chi connectivity index (χ4v) is 5.68. The lowest BCUT2D eigenvalue weighted by molar-refractivity contribution is -0.127. The predicted molar refractivity (Wildman–Crippen MR) is 178 cm³/mol. The third kappa shape index (κ3) is 8.30. The number of aromatic nitrogens is 4. The van der Waals surface area contributed by atoms with E-state index in [9.17, 15) is 14.4 Å². The Morgan fingerprint density at radius 2 is 1.69 bits per heavy atom. The van der Waals surface area contributed by atoms with E-state index >= 15 is 4.39 Å². The summed E-state index contributed by atoms with van der Waals surface area (Å²) in [6, 6.07) is 3.22. The van der Waals surface area contributed by atoms with Crippen LogP contribution >= 0.6 is 0 Å². The van der Waals surface area contributed by atoms with Crippen molar-refractivity contribution in [2.24, 2.45) is 0 Å². The second kappa shape index (κ2) is 13.2. The Labute approximate surface area is 279 Å². The summed E-state index contributed by atoms with van der Waals surface area (Å²) >= 11 is 0. The van der Waals surface area contributed by atoms with Crippen LogP contribution in [0.25, 0.3) is 11.2 Å². The van der Waals surface area contributed by atoms with Gasteiger partial charge >= 0.3 is 12.2 Å². The number of alkyl carbamates (subject to hydrolysis) is 1. The molecule has 1 aromatic carbocycles. The molecule has 3 N–H and O–H groups in total. The third-order valence-electron chi connectivity index (χ3n) is 7.87. The number of amides is 3. The van der Waals surface area contributed by atoms with Gasteiger partial charge in [0.2, 0.25) is 5.91 Å². The van der Waals surface area contributed by atoms with Crippen LogP contribution in [0, 0.1) is 5.82 Å².